The summed E-state index contributed by atoms with van der Waals surface area (Å²) in [5.74, 6) is 1.65. The fraction of sp³-hybridized carbons (Fsp3) is 0.850. The monoisotopic (exact) mass is 400 g/mol. The standard InChI is InChI=1S/C20H38O2.Zr/c1-16(2)9-6-10-17(3)11-7-12-18(4)13-8-14-19(5)15-20(21)22;/h15-18H,6-14H2,1-5H3,(H,21,22);/b19-15+;/t17-,18-;/m1./s1. The maximum Gasteiger partial charge on any atom is 0.328 e. The summed E-state index contributed by atoms with van der Waals surface area (Å²) in [6.45, 7) is 11.3. The second-order valence-electron chi connectivity index (χ2n) is 7.69. The first-order valence-corrected chi connectivity index (χ1v) is 9.21. The molecule has 3 heteroatoms. The van der Waals surface area contributed by atoms with Gasteiger partial charge >= 0.3 is 5.97 Å². The molecule has 2 atom stereocenters. The van der Waals surface area contributed by atoms with E-state index in [4.69, 9.17) is 5.11 Å². The van der Waals surface area contributed by atoms with Crippen LogP contribution in [0.1, 0.15) is 92.4 Å². The fourth-order valence-corrected chi connectivity index (χ4v) is 2.99. The van der Waals surface area contributed by atoms with Crippen LogP contribution in [0.4, 0.5) is 0 Å². The zero-order chi connectivity index (χ0) is 17.0. The Hall–Kier alpha value is 0.0931. The molecule has 0 rings (SSSR count). The smallest absolute Gasteiger partial charge is 0.328 e. The minimum atomic E-state index is -0.822. The van der Waals surface area contributed by atoms with E-state index in [0.717, 1.165) is 36.2 Å². The molecule has 0 radical (unpaired) electrons. The van der Waals surface area contributed by atoms with E-state index in [-0.39, 0.29) is 26.2 Å². The van der Waals surface area contributed by atoms with Gasteiger partial charge in [0.05, 0.1) is 0 Å². The van der Waals surface area contributed by atoms with Crippen molar-refractivity contribution in [1.82, 2.24) is 0 Å². The maximum absolute atomic E-state index is 10.5. The Kier molecular flexibility index (Phi) is 17.2. The Morgan fingerprint density at radius 2 is 1.30 bits per heavy atom. The Morgan fingerprint density at radius 3 is 1.74 bits per heavy atom. The number of carboxylic acid groups (broad SMARTS) is 1. The van der Waals surface area contributed by atoms with Gasteiger partial charge < -0.3 is 5.11 Å². The van der Waals surface area contributed by atoms with Crippen molar-refractivity contribution in [3.63, 3.8) is 0 Å². The van der Waals surface area contributed by atoms with Crippen LogP contribution in [-0.2, 0) is 31.0 Å². The van der Waals surface area contributed by atoms with Crippen molar-refractivity contribution in [2.24, 2.45) is 17.8 Å². The normalized spacial score (nSPS) is 14.4. The minimum absolute atomic E-state index is 0. The van der Waals surface area contributed by atoms with Gasteiger partial charge in [0.15, 0.2) is 0 Å². The summed E-state index contributed by atoms with van der Waals surface area (Å²) < 4.78 is 0. The molecule has 1 N–H and O–H groups in total. The number of rotatable bonds is 13. The van der Waals surface area contributed by atoms with E-state index < -0.39 is 5.97 Å². The van der Waals surface area contributed by atoms with Gasteiger partial charge in [-0.05, 0) is 37.5 Å². The Morgan fingerprint density at radius 1 is 0.870 bits per heavy atom. The number of hydrogen-bond donors (Lipinski definition) is 1. The van der Waals surface area contributed by atoms with E-state index >= 15 is 0 Å². The van der Waals surface area contributed by atoms with Crippen molar-refractivity contribution in [2.45, 2.75) is 92.4 Å². The zero-order valence-electron chi connectivity index (χ0n) is 16.0. The summed E-state index contributed by atoms with van der Waals surface area (Å²) >= 11 is 0. The van der Waals surface area contributed by atoms with E-state index in [1.165, 1.54) is 51.0 Å². The van der Waals surface area contributed by atoms with Crippen LogP contribution < -0.4 is 0 Å². The molecule has 0 aliphatic heterocycles. The van der Waals surface area contributed by atoms with Crippen LogP contribution in [0, 0.1) is 17.8 Å². The third-order valence-electron chi connectivity index (χ3n) is 4.51. The van der Waals surface area contributed by atoms with Gasteiger partial charge in [-0.2, -0.15) is 0 Å². The second-order valence-corrected chi connectivity index (χ2v) is 7.69. The molecular weight excluding hydrogens is 363 g/mol. The van der Waals surface area contributed by atoms with Crippen molar-refractivity contribution in [1.29, 1.82) is 0 Å². The van der Waals surface area contributed by atoms with Crippen LogP contribution in [0.25, 0.3) is 0 Å². The SMILES string of the molecule is C/C(=C\C(=O)O)CCC[C@H](C)CCC[C@H](C)CCCC(C)C.[Zr]. The number of aliphatic carboxylic acids is 1. The summed E-state index contributed by atoms with van der Waals surface area (Å²) in [7, 11) is 0. The van der Waals surface area contributed by atoms with Crippen LogP contribution in [0.15, 0.2) is 11.6 Å². The molecule has 0 amide bonds. The van der Waals surface area contributed by atoms with Gasteiger partial charge in [-0.3, -0.25) is 0 Å². The van der Waals surface area contributed by atoms with E-state index in [2.05, 4.69) is 27.7 Å². The summed E-state index contributed by atoms with van der Waals surface area (Å²) in [6, 6.07) is 0. The molecule has 0 unspecified atom stereocenters. The van der Waals surface area contributed by atoms with Crippen LogP contribution in [0.5, 0.6) is 0 Å². The van der Waals surface area contributed by atoms with Gasteiger partial charge in [-0.25, -0.2) is 4.79 Å². The first-order chi connectivity index (χ1) is 10.3. The molecule has 2 nitrogen and oxygen atoms in total. The molecule has 23 heavy (non-hydrogen) atoms. The average molecular weight is 402 g/mol. The van der Waals surface area contributed by atoms with Gasteiger partial charge in [0, 0.05) is 32.3 Å². The minimum Gasteiger partial charge on any atom is -0.478 e. The zero-order valence-corrected chi connectivity index (χ0v) is 18.5. The van der Waals surface area contributed by atoms with Crippen LogP contribution in [0.3, 0.4) is 0 Å². The molecule has 0 aromatic carbocycles. The first-order valence-electron chi connectivity index (χ1n) is 9.21. The predicted octanol–water partition coefficient (Wildman–Crippen LogP) is 6.45. The molecule has 0 heterocycles. The molecule has 0 aliphatic rings. The quantitative estimate of drug-likeness (QED) is 0.360. The van der Waals surface area contributed by atoms with Crippen molar-refractivity contribution in [3.8, 4) is 0 Å². The van der Waals surface area contributed by atoms with Crippen LogP contribution >= 0.6 is 0 Å². The summed E-state index contributed by atoms with van der Waals surface area (Å²) in [4.78, 5) is 10.5. The molecule has 0 fully saturated rings. The summed E-state index contributed by atoms with van der Waals surface area (Å²) in [5, 5.41) is 8.68. The van der Waals surface area contributed by atoms with E-state index in [1.807, 2.05) is 6.92 Å². The maximum atomic E-state index is 10.5. The fourth-order valence-electron chi connectivity index (χ4n) is 2.99. The summed E-state index contributed by atoms with van der Waals surface area (Å²) in [5.41, 5.74) is 0.985. The molecule has 0 aliphatic carbocycles. The van der Waals surface area contributed by atoms with Gasteiger partial charge in [0.2, 0.25) is 0 Å². The Labute approximate surface area is 163 Å². The third kappa shape index (κ3) is 18.3. The van der Waals surface area contributed by atoms with Crippen LogP contribution in [-0.4, -0.2) is 11.1 Å². The third-order valence-corrected chi connectivity index (χ3v) is 4.51. The number of hydrogen-bond acceptors (Lipinski definition) is 1. The Balaban J connectivity index is 0. The number of allylic oxidation sites excluding steroid dienone is 1. The number of carboxylic acids is 1. The van der Waals surface area contributed by atoms with E-state index in [1.54, 1.807) is 0 Å². The molecule has 0 aromatic rings. The topological polar surface area (TPSA) is 37.3 Å². The number of carbonyl (C=O) groups is 1. The van der Waals surface area contributed by atoms with Gasteiger partial charge in [-0.15, -0.1) is 0 Å². The van der Waals surface area contributed by atoms with Crippen molar-refractivity contribution >= 4 is 5.97 Å². The molecule has 0 saturated carbocycles. The predicted molar refractivity (Wildman–Crippen MR) is 96.1 cm³/mol. The van der Waals surface area contributed by atoms with Crippen molar-refractivity contribution in [3.05, 3.63) is 11.6 Å². The van der Waals surface area contributed by atoms with E-state index in [9.17, 15) is 4.79 Å². The summed E-state index contributed by atoms with van der Waals surface area (Å²) in [6.07, 6.45) is 12.7. The Bertz CT molecular complexity index is 324. The van der Waals surface area contributed by atoms with Crippen molar-refractivity contribution in [2.75, 3.05) is 0 Å². The molecule has 0 saturated heterocycles. The van der Waals surface area contributed by atoms with Crippen molar-refractivity contribution < 1.29 is 36.1 Å². The molecule has 134 valence electrons. The second kappa shape index (κ2) is 15.6. The molecule has 0 aromatic heterocycles. The van der Waals surface area contributed by atoms with Gasteiger partial charge in [0.1, 0.15) is 0 Å². The first kappa shape index (κ1) is 25.3. The van der Waals surface area contributed by atoms with E-state index in [0.29, 0.717) is 0 Å². The average Bonchev–Trinajstić information content (AvgIpc) is 2.37. The molecular formula is C20H38O2Zr. The van der Waals surface area contributed by atoms with Gasteiger partial charge in [0.25, 0.3) is 0 Å². The largest absolute Gasteiger partial charge is 0.478 e. The van der Waals surface area contributed by atoms with Gasteiger partial charge in [-0.1, -0.05) is 78.2 Å². The molecule has 0 bridgehead atoms. The van der Waals surface area contributed by atoms with Crippen LogP contribution in [0.2, 0.25) is 0 Å². The molecule has 0 spiro atoms.